The van der Waals surface area contributed by atoms with Gasteiger partial charge in [0.25, 0.3) is 0 Å². The van der Waals surface area contributed by atoms with Crippen LogP contribution in [-0.2, 0) is 65.4 Å². The van der Waals surface area contributed by atoms with E-state index < -0.39 is 97.5 Å². The van der Waals surface area contributed by atoms with Crippen molar-refractivity contribution in [3.05, 3.63) is 0 Å². The van der Waals surface area contributed by atoms with Gasteiger partial charge < -0.3 is 33.8 Å². The quantitative estimate of drug-likeness (QED) is 0.0222. The van der Waals surface area contributed by atoms with Gasteiger partial charge >= 0.3 is 39.5 Å². The second kappa shape index (κ2) is 70.4. The van der Waals surface area contributed by atoms with Gasteiger partial charge in [-0.25, -0.2) is 9.13 Å². The van der Waals surface area contributed by atoms with E-state index in [1.54, 1.807) is 0 Å². The molecule has 588 valence electrons. The van der Waals surface area contributed by atoms with Crippen LogP contribution >= 0.6 is 15.6 Å². The number of ether oxygens (including phenoxy) is 4. The summed E-state index contributed by atoms with van der Waals surface area (Å²) < 4.78 is 68.6. The Morgan fingerprint density at radius 3 is 0.717 bits per heavy atom. The number of aliphatic hydroxyl groups excluding tert-OH is 1. The number of rotatable bonds is 78. The smallest absolute Gasteiger partial charge is 0.462 e. The van der Waals surface area contributed by atoms with Crippen LogP contribution < -0.4 is 0 Å². The van der Waals surface area contributed by atoms with Gasteiger partial charge in [-0.1, -0.05) is 363 Å². The highest BCUT2D eigenvalue weighted by Crippen LogP contribution is 2.45. The average Bonchev–Trinajstić information content (AvgIpc) is 1.90. The third-order valence-electron chi connectivity index (χ3n) is 19.7. The molecule has 0 spiro atoms. The summed E-state index contributed by atoms with van der Waals surface area (Å²) in [4.78, 5) is 72.8. The molecule has 19 heteroatoms. The molecule has 0 radical (unpaired) electrons. The molecule has 0 bridgehead atoms. The maximum absolute atomic E-state index is 13.1. The zero-order chi connectivity index (χ0) is 73.0. The Bertz CT molecular complexity index is 1930. The van der Waals surface area contributed by atoms with Crippen molar-refractivity contribution >= 4 is 39.5 Å². The van der Waals surface area contributed by atoms with Crippen LogP contribution in [0, 0.1) is 17.8 Å². The minimum Gasteiger partial charge on any atom is -0.462 e. The summed E-state index contributed by atoms with van der Waals surface area (Å²) in [6.07, 6.45) is 58.4. The molecule has 99 heavy (non-hydrogen) atoms. The molecule has 0 rings (SSSR count). The molecule has 0 aromatic rings. The van der Waals surface area contributed by atoms with Crippen LogP contribution in [0.4, 0.5) is 0 Å². The fraction of sp³-hybridized carbons (Fsp3) is 0.950. The topological polar surface area (TPSA) is 237 Å². The molecule has 0 aromatic heterocycles. The van der Waals surface area contributed by atoms with E-state index >= 15 is 0 Å². The standard InChI is InChI=1S/C80H156O17P2/c1-8-12-13-14-15-32-39-47-54-61-77(82)90-68-76(97-80(85)64-57-50-43-42-46-53-60-73(7)11-4)70-95-99(88,89)93-66-74(81)65-92-98(86,87)94-69-75(67-91-78(83)62-55-48-40-35-30-26-23-22-25-29-34-38-45-52-59-72(6)10-3)96-79(84)63-56-49-41-36-31-27-21-19-17-16-18-20-24-28-33-37-44-51-58-71(5)9-2/h71-76,81H,8-70H2,1-7H3,(H,86,87)(H,88,89)/t71?,72?,73?,74-,75-,76-/m1/s1. The van der Waals surface area contributed by atoms with Crippen molar-refractivity contribution in [2.75, 3.05) is 39.6 Å². The van der Waals surface area contributed by atoms with Crippen molar-refractivity contribution in [2.24, 2.45) is 17.8 Å². The highest BCUT2D eigenvalue weighted by molar-refractivity contribution is 7.47. The van der Waals surface area contributed by atoms with Crippen LogP contribution in [0.15, 0.2) is 0 Å². The summed E-state index contributed by atoms with van der Waals surface area (Å²) in [5.74, 6) is 0.324. The van der Waals surface area contributed by atoms with Gasteiger partial charge in [0, 0.05) is 25.7 Å². The van der Waals surface area contributed by atoms with Crippen molar-refractivity contribution in [1.82, 2.24) is 0 Å². The number of esters is 4. The molecule has 0 heterocycles. The normalized spacial score (nSPS) is 14.8. The maximum atomic E-state index is 13.1. The van der Waals surface area contributed by atoms with Crippen LogP contribution in [0.5, 0.6) is 0 Å². The third-order valence-corrected chi connectivity index (χ3v) is 21.6. The molecule has 0 saturated heterocycles. The summed E-state index contributed by atoms with van der Waals surface area (Å²) in [5.41, 5.74) is 0. The molecule has 0 fully saturated rings. The number of hydrogen-bond acceptors (Lipinski definition) is 15. The van der Waals surface area contributed by atoms with Crippen LogP contribution in [0.2, 0.25) is 0 Å². The number of carbonyl (C=O) groups excluding carboxylic acids is 4. The predicted molar refractivity (Wildman–Crippen MR) is 405 cm³/mol. The summed E-state index contributed by atoms with van der Waals surface area (Å²) in [6, 6.07) is 0. The van der Waals surface area contributed by atoms with E-state index in [1.165, 1.54) is 225 Å². The van der Waals surface area contributed by atoms with E-state index in [4.69, 9.17) is 37.0 Å². The van der Waals surface area contributed by atoms with Crippen molar-refractivity contribution in [1.29, 1.82) is 0 Å². The first-order chi connectivity index (χ1) is 47.8. The Morgan fingerprint density at radius 1 is 0.283 bits per heavy atom. The van der Waals surface area contributed by atoms with Crippen LogP contribution in [-0.4, -0.2) is 96.7 Å². The Labute approximate surface area is 607 Å². The van der Waals surface area contributed by atoms with Crippen molar-refractivity contribution in [3.8, 4) is 0 Å². The largest absolute Gasteiger partial charge is 0.472 e. The summed E-state index contributed by atoms with van der Waals surface area (Å²) in [6.45, 7) is 12.0. The third kappa shape index (κ3) is 70.2. The highest BCUT2D eigenvalue weighted by atomic mass is 31.2. The molecule has 8 atom stereocenters. The number of unbranched alkanes of at least 4 members (excludes halogenated alkanes) is 43. The molecule has 0 amide bonds. The molecule has 17 nitrogen and oxygen atoms in total. The Morgan fingerprint density at radius 2 is 0.485 bits per heavy atom. The molecular weight excluding hydrogens is 1290 g/mol. The first-order valence-corrected chi connectivity index (χ1v) is 44.5. The Balaban J connectivity index is 5.18. The lowest BCUT2D eigenvalue weighted by Crippen LogP contribution is -2.30. The van der Waals surface area contributed by atoms with Crippen LogP contribution in [0.25, 0.3) is 0 Å². The van der Waals surface area contributed by atoms with Crippen molar-refractivity contribution in [3.63, 3.8) is 0 Å². The average molecular weight is 1450 g/mol. The molecule has 0 aliphatic heterocycles. The summed E-state index contributed by atoms with van der Waals surface area (Å²) >= 11 is 0. The van der Waals surface area contributed by atoms with Gasteiger partial charge in [-0.15, -0.1) is 0 Å². The van der Waals surface area contributed by atoms with Gasteiger partial charge in [-0.05, 0) is 43.4 Å². The van der Waals surface area contributed by atoms with E-state index in [2.05, 4.69) is 48.5 Å². The van der Waals surface area contributed by atoms with Gasteiger partial charge in [-0.3, -0.25) is 37.3 Å². The molecule has 3 N–H and O–H groups in total. The minimum atomic E-state index is -4.96. The van der Waals surface area contributed by atoms with Crippen LogP contribution in [0.1, 0.15) is 414 Å². The van der Waals surface area contributed by atoms with Crippen molar-refractivity contribution in [2.45, 2.75) is 433 Å². The van der Waals surface area contributed by atoms with Crippen molar-refractivity contribution < 1.29 is 80.2 Å². The second-order valence-corrected chi connectivity index (χ2v) is 32.4. The maximum Gasteiger partial charge on any atom is 0.472 e. The Kier molecular flexibility index (Phi) is 69.0. The number of aliphatic hydroxyl groups is 1. The second-order valence-electron chi connectivity index (χ2n) is 29.5. The fourth-order valence-electron chi connectivity index (χ4n) is 12.2. The lowest BCUT2D eigenvalue weighted by Gasteiger charge is -2.21. The van der Waals surface area contributed by atoms with E-state index in [0.717, 1.165) is 108 Å². The molecule has 0 saturated carbocycles. The molecular formula is C80H156O17P2. The zero-order valence-corrected chi connectivity index (χ0v) is 66.8. The number of phosphoric ester groups is 2. The van der Waals surface area contributed by atoms with Gasteiger partial charge in [0.2, 0.25) is 0 Å². The first-order valence-electron chi connectivity index (χ1n) is 41.5. The minimum absolute atomic E-state index is 0.103. The van der Waals surface area contributed by atoms with E-state index in [-0.39, 0.29) is 25.7 Å². The summed E-state index contributed by atoms with van der Waals surface area (Å²) in [5, 5.41) is 10.6. The molecule has 5 unspecified atom stereocenters. The molecule has 0 aliphatic carbocycles. The van der Waals surface area contributed by atoms with E-state index in [1.807, 2.05) is 0 Å². The highest BCUT2D eigenvalue weighted by Gasteiger charge is 2.30. The SMILES string of the molecule is CCCCCCCCCCCC(=O)OC[C@H](COP(=O)(O)OC[C@H](O)COP(=O)(O)OC[C@@H](COC(=O)CCCCCCCCCCCCCCCCC(C)CC)OC(=O)CCCCCCCCCCCCCCCCCCCCC(C)CC)OC(=O)CCCCCCCCC(C)CC. The summed E-state index contributed by atoms with van der Waals surface area (Å²) in [7, 11) is -9.91. The first kappa shape index (κ1) is 97.1. The number of hydrogen-bond donors (Lipinski definition) is 3. The zero-order valence-electron chi connectivity index (χ0n) is 65.0. The van der Waals surface area contributed by atoms with E-state index in [0.29, 0.717) is 25.7 Å². The number of phosphoric acid groups is 2. The number of carbonyl (C=O) groups is 4. The van der Waals surface area contributed by atoms with E-state index in [9.17, 15) is 43.2 Å². The lowest BCUT2D eigenvalue weighted by molar-refractivity contribution is -0.161. The predicted octanol–water partition coefficient (Wildman–Crippen LogP) is 23.7. The van der Waals surface area contributed by atoms with Gasteiger partial charge in [0.05, 0.1) is 26.4 Å². The van der Waals surface area contributed by atoms with Crippen LogP contribution in [0.3, 0.4) is 0 Å². The van der Waals surface area contributed by atoms with Gasteiger partial charge in [0.15, 0.2) is 12.2 Å². The fourth-order valence-corrected chi connectivity index (χ4v) is 13.8. The lowest BCUT2D eigenvalue weighted by atomic mass is 9.99. The molecule has 0 aromatic carbocycles. The monoisotopic (exact) mass is 1450 g/mol. The van der Waals surface area contributed by atoms with Gasteiger partial charge in [0.1, 0.15) is 19.3 Å². The van der Waals surface area contributed by atoms with Gasteiger partial charge in [-0.2, -0.15) is 0 Å². The Hall–Kier alpha value is -1.94. The molecule has 0 aliphatic rings.